The zero-order chi connectivity index (χ0) is 28.3. The van der Waals surface area contributed by atoms with Gasteiger partial charge in [-0.05, 0) is 70.9 Å². The van der Waals surface area contributed by atoms with Crippen LogP contribution in [0.2, 0.25) is 0 Å². The standard InChI is InChI=1S/C30H36N4O4S/c1-17(32-29(35)38-30(4,5)6)20-11-9-10-12-21(20)27-14-13-26(39-27)18(2)31-28-22-15-24(36-7)25(37-8)16-23(22)33-19(3)34-28/h9-18H,1-8H3,(H,32,35)(H,31,33,34)/t17-,18?/m0/s1. The van der Waals surface area contributed by atoms with Gasteiger partial charge in [-0.2, -0.15) is 0 Å². The fraction of sp³-hybridized carbons (Fsp3) is 0.367. The van der Waals surface area contributed by atoms with Crippen molar-refractivity contribution in [3.05, 3.63) is 64.8 Å². The SMILES string of the molecule is COc1cc2nc(C)nc(NC(C)c3ccc(-c4ccccc4[C@H](C)NC(=O)OC(C)(C)C)s3)c2cc1OC. The molecule has 2 aromatic heterocycles. The van der Waals surface area contributed by atoms with E-state index in [0.29, 0.717) is 17.3 Å². The molecule has 0 saturated heterocycles. The van der Waals surface area contributed by atoms with E-state index in [1.165, 1.54) is 0 Å². The minimum atomic E-state index is -0.556. The summed E-state index contributed by atoms with van der Waals surface area (Å²) in [5.74, 6) is 2.64. The van der Waals surface area contributed by atoms with Gasteiger partial charge in [0.25, 0.3) is 0 Å². The molecule has 4 rings (SSSR count). The highest BCUT2D eigenvalue weighted by atomic mass is 32.1. The average Bonchev–Trinajstić information content (AvgIpc) is 3.37. The number of ether oxygens (including phenoxy) is 3. The van der Waals surface area contributed by atoms with Crippen molar-refractivity contribution in [1.82, 2.24) is 15.3 Å². The molecule has 0 bridgehead atoms. The Balaban J connectivity index is 1.59. The number of methoxy groups -OCH3 is 2. The summed E-state index contributed by atoms with van der Waals surface area (Å²) in [5.41, 5.74) is 2.32. The van der Waals surface area contributed by atoms with Gasteiger partial charge in [-0.25, -0.2) is 14.8 Å². The zero-order valence-electron chi connectivity index (χ0n) is 23.7. The molecule has 1 amide bonds. The number of hydrogen-bond donors (Lipinski definition) is 2. The first-order chi connectivity index (χ1) is 18.5. The summed E-state index contributed by atoms with van der Waals surface area (Å²) in [6.07, 6.45) is -0.434. The molecule has 0 aliphatic heterocycles. The first-order valence-electron chi connectivity index (χ1n) is 12.8. The first-order valence-corrected chi connectivity index (χ1v) is 13.7. The lowest BCUT2D eigenvalue weighted by atomic mass is 10.0. The summed E-state index contributed by atoms with van der Waals surface area (Å²) in [7, 11) is 3.23. The Hall–Kier alpha value is -3.85. The van der Waals surface area contributed by atoms with Crippen LogP contribution in [-0.2, 0) is 4.74 Å². The molecular weight excluding hydrogens is 512 g/mol. The Labute approximate surface area is 233 Å². The summed E-state index contributed by atoms with van der Waals surface area (Å²) >= 11 is 1.70. The maximum Gasteiger partial charge on any atom is 0.408 e. The van der Waals surface area contributed by atoms with Crippen molar-refractivity contribution in [2.75, 3.05) is 19.5 Å². The Kier molecular flexibility index (Phi) is 8.30. The Morgan fingerprint density at radius 1 is 0.949 bits per heavy atom. The van der Waals surface area contributed by atoms with Crippen LogP contribution in [0.5, 0.6) is 11.5 Å². The number of rotatable bonds is 8. The number of nitrogens with zero attached hydrogens (tertiary/aromatic N) is 2. The van der Waals surface area contributed by atoms with Crippen LogP contribution < -0.4 is 20.1 Å². The van der Waals surface area contributed by atoms with E-state index in [1.807, 2.05) is 65.0 Å². The number of anilines is 1. The van der Waals surface area contributed by atoms with Gasteiger partial charge in [0, 0.05) is 21.2 Å². The van der Waals surface area contributed by atoms with E-state index in [2.05, 4.69) is 45.7 Å². The number of hydrogen-bond acceptors (Lipinski definition) is 8. The van der Waals surface area contributed by atoms with Crippen LogP contribution in [0.25, 0.3) is 21.3 Å². The molecule has 2 heterocycles. The Morgan fingerprint density at radius 2 is 1.64 bits per heavy atom. The largest absolute Gasteiger partial charge is 0.493 e. The van der Waals surface area contributed by atoms with Crippen molar-refractivity contribution in [2.45, 2.75) is 59.2 Å². The van der Waals surface area contributed by atoms with Crippen LogP contribution in [-0.4, -0.2) is 35.9 Å². The monoisotopic (exact) mass is 548 g/mol. The predicted molar refractivity (Wildman–Crippen MR) is 157 cm³/mol. The summed E-state index contributed by atoms with van der Waals surface area (Å²) in [4.78, 5) is 23.9. The molecule has 0 saturated carbocycles. The molecule has 2 atom stereocenters. The number of nitrogens with one attached hydrogen (secondary N) is 2. The third-order valence-corrected chi connectivity index (χ3v) is 7.45. The van der Waals surface area contributed by atoms with Gasteiger partial charge in [0.15, 0.2) is 11.5 Å². The molecule has 0 aliphatic rings. The molecule has 0 aliphatic carbocycles. The Morgan fingerprint density at radius 3 is 2.33 bits per heavy atom. The van der Waals surface area contributed by atoms with E-state index in [1.54, 1.807) is 25.6 Å². The molecule has 0 spiro atoms. The number of benzene rings is 2. The second-order valence-electron chi connectivity index (χ2n) is 10.4. The smallest absolute Gasteiger partial charge is 0.408 e. The van der Waals surface area contributed by atoms with Gasteiger partial charge in [-0.15, -0.1) is 11.3 Å². The molecular formula is C30H36N4O4S. The van der Waals surface area contributed by atoms with Gasteiger partial charge >= 0.3 is 6.09 Å². The summed E-state index contributed by atoms with van der Waals surface area (Å²) in [6.45, 7) is 11.5. The van der Waals surface area contributed by atoms with Gasteiger partial charge in [-0.3, -0.25) is 0 Å². The van der Waals surface area contributed by atoms with Gasteiger partial charge in [0.2, 0.25) is 0 Å². The number of fused-ring (bicyclic) bond motifs is 1. The summed E-state index contributed by atoms with van der Waals surface area (Å²) < 4.78 is 16.4. The van der Waals surface area contributed by atoms with Crippen LogP contribution in [0.15, 0.2) is 48.5 Å². The van der Waals surface area contributed by atoms with E-state index >= 15 is 0 Å². The van der Waals surface area contributed by atoms with Gasteiger partial charge in [-0.1, -0.05) is 24.3 Å². The van der Waals surface area contributed by atoms with Gasteiger partial charge < -0.3 is 24.8 Å². The maximum atomic E-state index is 12.4. The van der Waals surface area contributed by atoms with E-state index in [4.69, 9.17) is 14.2 Å². The van der Waals surface area contributed by atoms with E-state index in [0.717, 1.165) is 37.6 Å². The van der Waals surface area contributed by atoms with E-state index < -0.39 is 11.7 Å². The normalized spacial score (nSPS) is 13.0. The fourth-order valence-corrected chi connectivity index (χ4v) is 5.41. The molecule has 2 aromatic carbocycles. The number of thiophene rings is 1. The number of aryl methyl sites for hydroxylation is 1. The average molecular weight is 549 g/mol. The number of alkyl carbamates (subject to hydrolysis) is 1. The zero-order valence-corrected chi connectivity index (χ0v) is 24.5. The fourth-order valence-electron chi connectivity index (χ4n) is 4.35. The van der Waals surface area contributed by atoms with Crippen molar-refractivity contribution in [2.24, 2.45) is 0 Å². The lowest BCUT2D eigenvalue weighted by Crippen LogP contribution is -2.34. The summed E-state index contributed by atoms with van der Waals surface area (Å²) in [6, 6.07) is 15.9. The molecule has 39 heavy (non-hydrogen) atoms. The lowest BCUT2D eigenvalue weighted by Gasteiger charge is -2.23. The first kappa shape index (κ1) is 28.2. The minimum Gasteiger partial charge on any atom is -0.493 e. The van der Waals surface area contributed by atoms with Crippen LogP contribution >= 0.6 is 11.3 Å². The number of amides is 1. The van der Waals surface area contributed by atoms with Crippen LogP contribution in [0.3, 0.4) is 0 Å². The quantitative estimate of drug-likeness (QED) is 0.236. The lowest BCUT2D eigenvalue weighted by molar-refractivity contribution is 0.0508. The van der Waals surface area contributed by atoms with Crippen molar-refractivity contribution in [1.29, 1.82) is 0 Å². The third kappa shape index (κ3) is 6.60. The topological polar surface area (TPSA) is 94.6 Å². The summed E-state index contributed by atoms with van der Waals surface area (Å²) in [5, 5.41) is 7.39. The van der Waals surface area contributed by atoms with E-state index in [9.17, 15) is 4.79 Å². The highest BCUT2D eigenvalue weighted by Gasteiger charge is 2.21. The molecule has 2 N–H and O–H groups in total. The Bertz CT molecular complexity index is 1480. The van der Waals surface area contributed by atoms with Crippen LogP contribution in [0.1, 0.15) is 63.0 Å². The third-order valence-electron chi connectivity index (χ3n) is 6.15. The molecule has 8 nitrogen and oxygen atoms in total. The number of carbonyl (C=O) groups excluding carboxylic acids is 1. The molecule has 9 heteroatoms. The van der Waals surface area contributed by atoms with Crippen LogP contribution in [0, 0.1) is 6.92 Å². The molecule has 0 radical (unpaired) electrons. The highest BCUT2D eigenvalue weighted by Crippen LogP contribution is 2.38. The molecule has 4 aromatic rings. The van der Waals surface area contributed by atoms with E-state index in [-0.39, 0.29) is 12.1 Å². The minimum absolute atomic E-state index is 0.0150. The molecule has 1 unspecified atom stereocenters. The molecule has 0 fully saturated rings. The second-order valence-corrected chi connectivity index (χ2v) is 11.5. The number of carbonyl (C=O) groups is 1. The predicted octanol–water partition coefficient (Wildman–Crippen LogP) is 7.44. The van der Waals surface area contributed by atoms with Crippen molar-refractivity contribution in [3.8, 4) is 21.9 Å². The van der Waals surface area contributed by atoms with Crippen molar-refractivity contribution in [3.63, 3.8) is 0 Å². The number of aromatic nitrogens is 2. The van der Waals surface area contributed by atoms with Gasteiger partial charge in [0.1, 0.15) is 17.2 Å². The maximum absolute atomic E-state index is 12.4. The molecule has 206 valence electrons. The second kappa shape index (κ2) is 11.5. The highest BCUT2D eigenvalue weighted by molar-refractivity contribution is 7.15. The van der Waals surface area contributed by atoms with Crippen molar-refractivity contribution >= 4 is 34.2 Å². The van der Waals surface area contributed by atoms with Crippen LogP contribution in [0.4, 0.5) is 10.6 Å². The van der Waals surface area contributed by atoms with Gasteiger partial charge in [0.05, 0.1) is 31.8 Å². The van der Waals surface area contributed by atoms with Crippen molar-refractivity contribution < 1.29 is 19.0 Å².